The molecule has 1 heterocycles. The van der Waals surface area contributed by atoms with Gasteiger partial charge in [0, 0.05) is 26.3 Å². The van der Waals surface area contributed by atoms with Gasteiger partial charge in [-0.2, -0.15) is 0 Å². The molecule has 0 aliphatic carbocycles. The minimum Gasteiger partial charge on any atom is -0.585 e. The first-order chi connectivity index (χ1) is 19.0. The summed E-state index contributed by atoms with van der Waals surface area (Å²) in [5, 5.41) is 41.0. The fraction of sp³-hybridized carbons (Fsp3) is 0.172. The molecule has 0 atom stereocenters. The Labute approximate surface area is 249 Å². The summed E-state index contributed by atoms with van der Waals surface area (Å²) in [6, 6.07) is 37.9. The first kappa shape index (κ1) is 35.0. The minimum atomic E-state index is -1.31. The van der Waals surface area contributed by atoms with Crippen LogP contribution in [0.2, 0.25) is 0 Å². The van der Waals surface area contributed by atoms with Gasteiger partial charge >= 0.3 is 5.97 Å². The minimum absolute atomic E-state index is 0. The van der Waals surface area contributed by atoms with Crippen LogP contribution in [-0.4, -0.2) is 63.3 Å². The normalized spacial score (nSPS) is 10.2. The molecule has 0 spiro atoms. The second-order valence-corrected chi connectivity index (χ2v) is 10.8. The van der Waals surface area contributed by atoms with Crippen LogP contribution in [0, 0.1) is 0 Å². The van der Waals surface area contributed by atoms with E-state index in [0.29, 0.717) is 5.82 Å². The number of aliphatic hydroxyl groups excluding tert-OH is 3. The summed E-state index contributed by atoms with van der Waals surface area (Å²) in [5.74, 6) is 6.09. The van der Waals surface area contributed by atoms with Crippen LogP contribution in [0.15, 0.2) is 115 Å². The fourth-order valence-corrected chi connectivity index (χ4v) is 5.91. The number of aromatic nitrogens is 1. The van der Waals surface area contributed by atoms with Crippen molar-refractivity contribution in [2.24, 2.45) is 0 Å². The van der Waals surface area contributed by atoms with Crippen LogP contribution >= 0.6 is 7.92 Å². The number of rotatable bonds is 10. The Morgan fingerprint density at radius 1 is 0.725 bits per heavy atom. The second kappa shape index (κ2) is 19.9. The topological polar surface area (TPSA) is 159 Å². The molecule has 4 rings (SSSR count). The zero-order chi connectivity index (χ0) is 28.3. The van der Waals surface area contributed by atoms with Crippen LogP contribution < -0.4 is 26.7 Å². The molecular weight excluding hydrogens is 613 g/mol. The number of pyridine rings is 1. The Bertz CT molecular complexity index is 1090. The molecule has 213 valence electrons. The molecule has 4 aromatic rings. The van der Waals surface area contributed by atoms with Gasteiger partial charge in [0.15, 0.2) is 0 Å². The van der Waals surface area contributed by atoms with Gasteiger partial charge in [-0.15, -0.1) is 0 Å². The summed E-state index contributed by atoms with van der Waals surface area (Å²) >= 11 is 0. The van der Waals surface area contributed by atoms with E-state index in [0.717, 1.165) is 0 Å². The van der Waals surface area contributed by atoms with Crippen LogP contribution in [0.4, 0.5) is 5.82 Å². The second-order valence-electron chi connectivity index (χ2n) is 8.32. The predicted molar refractivity (Wildman–Crippen MR) is 158 cm³/mol. The van der Waals surface area contributed by atoms with E-state index in [-0.39, 0.29) is 20.1 Å². The molecule has 0 saturated carbocycles. The van der Waals surface area contributed by atoms with Crippen molar-refractivity contribution in [2.75, 3.05) is 31.8 Å². The average Bonchev–Trinajstić information content (AvgIpc) is 3.01. The standard InChI is InChI=1S/C18H15P.C6H13NO5.C5H6N3.Tc/c1-4-10-16(11-5-1)19(17-12-6-2-7-13-17)18-14-8-3-9-15-18;8-2-6(3-9,4-10)7-1-5(11)12;6-8-5-3-1-2-4-7-5;/h1-15H;7-10H,1-4H2,(H,11,12);1-4,6H,(H,7,8);/q;;-1;/p+1. The van der Waals surface area contributed by atoms with E-state index in [4.69, 9.17) is 26.3 Å². The number of carbonyl (C=O) groups is 1. The molecule has 40 heavy (non-hydrogen) atoms. The maximum atomic E-state index is 10.1. The largest absolute Gasteiger partial charge is 0.585 e. The third-order valence-corrected chi connectivity index (χ3v) is 8.24. The zero-order valence-electron chi connectivity index (χ0n) is 21.8. The number of anilines is 1. The Kier molecular flexibility index (Phi) is 17.4. The smallest absolute Gasteiger partial charge is 0.317 e. The number of carboxylic acid groups (broad SMARTS) is 1. The summed E-state index contributed by atoms with van der Waals surface area (Å²) in [5.41, 5.74) is 0.859. The van der Waals surface area contributed by atoms with Crippen molar-refractivity contribution >= 4 is 35.6 Å². The molecule has 0 bridgehead atoms. The molecule has 0 aliphatic rings. The van der Waals surface area contributed by atoms with Gasteiger partial charge in [0.05, 0.1) is 39.8 Å². The number of benzene rings is 3. The number of carboxylic acids is 1. The average molecular weight is 649 g/mol. The van der Waals surface area contributed by atoms with Gasteiger partial charge in [-0.1, -0.05) is 60.7 Å². The molecular formula is C29H35N4O5PTc. The van der Waals surface area contributed by atoms with Crippen molar-refractivity contribution in [1.29, 1.82) is 0 Å². The predicted octanol–water partition coefficient (Wildman–Crippen LogP) is 2.01. The summed E-state index contributed by atoms with van der Waals surface area (Å²) in [7, 11) is -0.877. The Hall–Kier alpha value is -3.04. The van der Waals surface area contributed by atoms with E-state index in [1.807, 2.05) is 6.07 Å². The maximum absolute atomic E-state index is 10.1. The summed E-state index contributed by atoms with van der Waals surface area (Å²) in [6.07, 6.45) is 1.64. The van der Waals surface area contributed by atoms with Crippen molar-refractivity contribution in [1.82, 2.24) is 10.3 Å². The molecule has 11 heteroatoms. The molecule has 9 nitrogen and oxygen atoms in total. The van der Waals surface area contributed by atoms with E-state index < -0.39 is 45.8 Å². The van der Waals surface area contributed by atoms with E-state index in [9.17, 15) is 4.79 Å². The van der Waals surface area contributed by atoms with E-state index in [1.54, 1.807) is 18.3 Å². The fourth-order valence-electron chi connectivity index (χ4n) is 3.33. The van der Waals surface area contributed by atoms with E-state index in [1.165, 1.54) is 15.9 Å². The van der Waals surface area contributed by atoms with Crippen molar-refractivity contribution in [3.63, 3.8) is 0 Å². The molecule has 0 unspecified atom stereocenters. The van der Waals surface area contributed by atoms with Crippen LogP contribution in [0.1, 0.15) is 0 Å². The molecule has 1 aromatic heterocycles. The van der Waals surface area contributed by atoms with Crippen LogP contribution in [0.5, 0.6) is 0 Å². The number of hydrogen-bond donors (Lipinski definition) is 6. The van der Waals surface area contributed by atoms with Gasteiger partial charge in [0.2, 0.25) is 0 Å². The van der Waals surface area contributed by atoms with Crippen molar-refractivity contribution < 1.29 is 45.3 Å². The first-order valence-corrected chi connectivity index (χ1v) is 13.6. The summed E-state index contributed by atoms with van der Waals surface area (Å²) < 4.78 is 0. The van der Waals surface area contributed by atoms with Crippen molar-refractivity contribution in [2.45, 2.75) is 5.54 Å². The maximum Gasteiger partial charge on any atom is 0.317 e. The number of nitrogens with zero attached hydrogens (tertiary/aromatic N) is 1. The molecule has 0 saturated heterocycles. The quantitative estimate of drug-likeness (QED) is 0.113. The monoisotopic (exact) mass is 647 g/mol. The molecule has 0 fully saturated rings. The molecule has 0 amide bonds. The molecule has 3 aromatic carbocycles. The summed E-state index contributed by atoms with van der Waals surface area (Å²) in [6.45, 7) is -1.98. The number of aliphatic carboxylic acids is 1. The van der Waals surface area contributed by atoms with E-state index >= 15 is 0 Å². The van der Waals surface area contributed by atoms with Crippen molar-refractivity contribution in [3.8, 4) is 0 Å². The van der Waals surface area contributed by atoms with Gasteiger partial charge in [-0.05, 0) is 48.5 Å². The Balaban J connectivity index is 0.000000329. The van der Waals surface area contributed by atoms with Gasteiger partial charge in [-0.3, -0.25) is 10.1 Å². The Morgan fingerprint density at radius 2 is 1.12 bits per heavy atom. The van der Waals surface area contributed by atoms with Crippen LogP contribution in [0.3, 0.4) is 0 Å². The van der Waals surface area contributed by atoms with Gasteiger partial charge < -0.3 is 31.7 Å². The number of nitrogens with one attached hydrogen (secondary N) is 3. The van der Waals surface area contributed by atoms with Gasteiger partial charge in [0.1, 0.15) is 21.7 Å². The molecule has 1 radical (unpaired) electrons. The number of hydrogen-bond acceptors (Lipinski definition) is 7. The third-order valence-electron chi connectivity index (χ3n) is 5.50. The van der Waals surface area contributed by atoms with Crippen LogP contribution in [0.25, 0.3) is 5.84 Å². The molecule has 0 aliphatic heterocycles. The Morgan fingerprint density at radius 3 is 1.40 bits per heavy atom. The zero-order valence-corrected chi connectivity index (χ0v) is 24.7. The van der Waals surface area contributed by atoms with Crippen molar-refractivity contribution in [3.05, 3.63) is 121 Å². The molecule has 7 N–H and O–H groups in total. The summed E-state index contributed by atoms with van der Waals surface area (Å²) in [4.78, 5) is 13.9. The van der Waals surface area contributed by atoms with Gasteiger partial charge in [-0.25, -0.2) is 4.98 Å². The van der Waals surface area contributed by atoms with Crippen LogP contribution in [-0.2, 0) is 24.9 Å². The third kappa shape index (κ3) is 12.0. The number of aliphatic hydroxyl groups is 3. The van der Waals surface area contributed by atoms with Gasteiger partial charge in [0.25, 0.3) is 0 Å². The SMILES string of the molecule is O=C(O)CNC(CO)(CO)CO.[NH-]Nc1ccccn1.[Tc].c1ccc([PH+](c2ccccc2)c2ccccc2)cc1. The van der Waals surface area contributed by atoms with E-state index in [2.05, 4.69) is 107 Å². The first-order valence-electron chi connectivity index (χ1n) is 12.1.